The molecule has 0 spiro atoms. The Hall–Kier alpha value is -3.46. The topological polar surface area (TPSA) is 168 Å². The third-order valence-electron chi connectivity index (χ3n) is 6.43. The van der Waals surface area contributed by atoms with E-state index >= 15 is 0 Å². The normalized spacial score (nSPS) is 12.0. The summed E-state index contributed by atoms with van der Waals surface area (Å²) in [5.41, 5.74) is 1.13. The number of ether oxygens (including phenoxy) is 2. The second-order valence-corrected chi connectivity index (χ2v) is 26.5. The molecule has 0 saturated carbocycles. The molecule has 264 valence electrons. The van der Waals surface area contributed by atoms with E-state index in [1.807, 2.05) is 36.7 Å². The lowest BCUT2D eigenvalue weighted by atomic mass is 10.3. The Morgan fingerprint density at radius 2 is 1.17 bits per heavy atom. The van der Waals surface area contributed by atoms with Crippen LogP contribution in [-0.4, -0.2) is 78.7 Å². The number of aromatic nitrogens is 6. The fraction of sp³-hybridized carbons (Fsp3) is 0.484. The van der Waals surface area contributed by atoms with E-state index < -0.39 is 26.3 Å². The largest absolute Gasteiger partial charge is 0.390 e. The second kappa shape index (κ2) is 18.3. The molecule has 0 aliphatic heterocycles. The SMILES string of the molecule is C[Si](C)(C)CCOCn1ccc(Nc2cccc(CO)n2)n1.C[Si](C)(C)CCOCn1ccc(Nc2cccc(COS(C)(=O)=O)n2)n1. The first kappa shape index (κ1) is 39.0. The number of pyridine rings is 2. The van der Waals surface area contributed by atoms with Gasteiger partial charge in [0.2, 0.25) is 0 Å². The quantitative estimate of drug-likeness (QED) is 0.0660. The van der Waals surface area contributed by atoms with E-state index in [2.05, 4.69) is 70.1 Å². The molecule has 0 fully saturated rings. The van der Waals surface area contributed by atoms with Crippen molar-refractivity contribution in [2.45, 2.75) is 78.0 Å². The van der Waals surface area contributed by atoms with Crippen LogP contribution in [0.1, 0.15) is 11.4 Å². The van der Waals surface area contributed by atoms with Crippen LogP contribution in [0.15, 0.2) is 60.9 Å². The van der Waals surface area contributed by atoms with Crippen molar-refractivity contribution in [1.29, 1.82) is 0 Å². The lowest BCUT2D eigenvalue weighted by molar-refractivity contribution is 0.0787. The van der Waals surface area contributed by atoms with Gasteiger partial charge in [0.25, 0.3) is 10.1 Å². The van der Waals surface area contributed by atoms with Crippen LogP contribution in [0.3, 0.4) is 0 Å². The zero-order chi connectivity index (χ0) is 35.2. The minimum atomic E-state index is -3.50. The lowest BCUT2D eigenvalue weighted by Crippen LogP contribution is -2.22. The summed E-state index contributed by atoms with van der Waals surface area (Å²) in [5, 5.41) is 24.0. The molecule has 4 aromatic rings. The average molecular weight is 719 g/mol. The molecule has 0 radical (unpaired) electrons. The number of rotatable bonds is 18. The van der Waals surface area contributed by atoms with Crippen LogP contribution in [-0.2, 0) is 50.5 Å². The minimum Gasteiger partial charge on any atom is -0.390 e. The molecule has 0 saturated heterocycles. The molecule has 0 aromatic carbocycles. The van der Waals surface area contributed by atoms with Crippen molar-refractivity contribution < 1.29 is 27.2 Å². The monoisotopic (exact) mass is 718 g/mol. The lowest BCUT2D eigenvalue weighted by Gasteiger charge is -2.15. The highest BCUT2D eigenvalue weighted by Crippen LogP contribution is 2.15. The summed E-state index contributed by atoms with van der Waals surface area (Å²) in [6, 6.07) is 16.7. The summed E-state index contributed by atoms with van der Waals surface area (Å²) >= 11 is 0. The standard InChI is InChI=1S/C16H26N4O4SSi.C15H24N4O2Si/c1-25(21,22)24-12-14-6-5-7-15(17-14)18-16-8-9-20(19-16)13-23-10-11-26(2,3)4;1-22(2,3)10-9-21-12-19-8-7-15(18-19)17-14-6-4-5-13(11-20)16-14/h5-9H,10-13H2,1-4H3,(H,17,18,19);4-8,20H,9-12H2,1-3H3,(H,16,17,18). The van der Waals surface area contributed by atoms with Crippen molar-refractivity contribution in [1.82, 2.24) is 29.5 Å². The van der Waals surface area contributed by atoms with Gasteiger partial charge in [0, 0.05) is 53.9 Å². The van der Waals surface area contributed by atoms with Gasteiger partial charge in [0.15, 0.2) is 11.6 Å². The smallest absolute Gasteiger partial charge is 0.264 e. The average Bonchev–Trinajstić information content (AvgIpc) is 3.65. The number of anilines is 4. The van der Waals surface area contributed by atoms with Crippen molar-refractivity contribution in [3.05, 3.63) is 72.3 Å². The van der Waals surface area contributed by atoms with E-state index in [4.69, 9.17) is 18.8 Å². The molecule has 0 bridgehead atoms. The summed E-state index contributed by atoms with van der Waals surface area (Å²) < 4.78 is 41.6. The first-order valence-electron chi connectivity index (χ1n) is 15.7. The minimum absolute atomic E-state index is 0.0745. The van der Waals surface area contributed by atoms with Gasteiger partial charge in [-0.3, -0.25) is 4.18 Å². The van der Waals surface area contributed by atoms with E-state index in [1.165, 1.54) is 0 Å². The van der Waals surface area contributed by atoms with Crippen LogP contribution in [0.25, 0.3) is 0 Å². The van der Waals surface area contributed by atoms with Crippen LogP contribution < -0.4 is 10.6 Å². The number of aliphatic hydroxyl groups excluding tert-OH is 1. The van der Waals surface area contributed by atoms with E-state index in [0.29, 0.717) is 48.1 Å². The number of hydrogen-bond donors (Lipinski definition) is 3. The van der Waals surface area contributed by atoms with E-state index in [9.17, 15) is 8.42 Å². The molecule has 0 aliphatic rings. The highest BCUT2D eigenvalue weighted by Gasteiger charge is 2.13. The highest BCUT2D eigenvalue weighted by atomic mass is 32.2. The number of nitrogens with zero attached hydrogens (tertiary/aromatic N) is 6. The van der Waals surface area contributed by atoms with Gasteiger partial charge in [-0.1, -0.05) is 51.4 Å². The summed E-state index contributed by atoms with van der Waals surface area (Å²) in [5.74, 6) is 2.56. The Morgan fingerprint density at radius 1 is 0.708 bits per heavy atom. The second-order valence-electron chi connectivity index (χ2n) is 13.6. The van der Waals surface area contributed by atoms with Gasteiger partial charge in [-0.25, -0.2) is 19.3 Å². The Kier molecular flexibility index (Phi) is 14.9. The van der Waals surface area contributed by atoms with Gasteiger partial charge in [-0.15, -0.1) is 0 Å². The zero-order valence-electron chi connectivity index (χ0n) is 29.0. The van der Waals surface area contributed by atoms with Crippen molar-refractivity contribution in [2.75, 3.05) is 30.1 Å². The molecule has 4 aromatic heterocycles. The molecule has 0 amide bonds. The van der Waals surface area contributed by atoms with Gasteiger partial charge in [0.05, 0.1) is 24.3 Å². The predicted octanol–water partition coefficient (Wildman–Crippen LogP) is 5.64. The van der Waals surface area contributed by atoms with E-state index in [1.54, 1.807) is 33.6 Å². The third kappa shape index (κ3) is 16.6. The number of hydrogen-bond acceptors (Lipinski definition) is 12. The van der Waals surface area contributed by atoms with Crippen LogP contribution in [0.4, 0.5) is 23.3 Å². The van der Waals surface area contributed by atoms with Crippen LogP contribution in [0.5, 0.6) is 0 Å². The molecular formula is C31H50N8O6SSi2. The first-order chi connectivity index (χ1) is 22.6. The molecule has 0 unspecified atom stereocenters. The Bertz CT molecular complexity index is 1650. The summed E-state index contributed by atoms with van der Waals surface area (Å²) in [6.07, 6.45) is 4.70. The molecule has 17 heteroatoms. The molecule has 0 aliphatic carbocycles. The highest BCUT2D eigenvalue weighted by molar-refractivity contribution is 7.85. The Balaban J connectivity index is 0.000000264. The van der Waals surface area contributed by atoms with Gasteiger partial charge in [0.1, 0.15) is 31.7 Å². The molecule has 4 heterocycles. The first-order valence-corrected chi connectivity index (χ1v) is 24.9. The van der Waals surface area contributed by atoms with E-state index in [0.717, 1.165) is 31.6 Å². The molecule has 4 rings (SSSR count). The molecular weight excluding hydrogens is 669 g/mol. The van der Waals surface area contributed by atoms with Crippen molar-refractivity contribution in [3.8, 4) is 0 Å². The maximum atomic E-state index is 11.1. The van der Waals surface area contributed by atoms with Gasteiger partial charge < -0.3 is 25.2 Å². The van der Waals surface area contributed by atoms with Crippen molar-refractivity contribution >= 4 is 49.5 Å². The summed E-state index contributed by atoms with van der Waals surface area (Å²) in [7, 11) is -5.63. The fourth-order valence-electron chi connectivity index (χ4n) is 3.77. The van der Waals surface area contributed by atoms with Crippen LogP contribution >= 0.6 is 0 Å². The third-order valence-corrected chi connectivity index (χ3v) is 10.4. The van der Waals surface area contributed by atoms with E-state index in [-0.39, 0.29) is 13.2 Å². The zero-order valence-corrected chi connectivity index (χ0v) is 31.8. The Labute approximate surface area is 286 Å². The molecule has 14 nitrogen and oxygen atoms in total. The molecule has 3 N–H and O–H groups in total. The summed E-state index contributed by atoms with van der Waals surface area (Å²) in [4.78, 5) is 8.57. The summed E-state index contributed by atoms with van der Waals surface area (Å²) in [6.45, 7) is 16.1. The van der Waals surface area contributed by atoms with Gasteiger partial charge >= 0.3 is 0 Å². The van der Waals surface area contributed by atoms with Crippen LogP contribution in [0, 0.1) is 0 Å². The Morgan fingerprint density at radius 3 is 1.60 bits per heavy atom. The van der Waals surface area contributed by atoms with Crippen molar-refractivity contribution in [2.24, 2.45) is 0 Å². The van der Waals surface area contributed by atoms with Gasteiger partial charge in [-0.05, 0) is 36.4 Å². The molecule has 48 heavy (non-hydrogen) atoms. The van der Waals surface area contributed by atoms with Crippen LogP contribution in [0.2, 0.25) is 51.4 Å². The number of aliphatic hydroxyl groups is 1. The fourth-order valence-corrected chi connectivity index (χ4v) is 5.62. The number of nitrogens with one attached hydrogen (secondary N) is 2. The maximum Gasteiger partial charge on any atom is 0.264 e. The predicted molar refractivity (Wildman–Crippen MR) is 193 cm³/mol. The molecule has 0 atom stereocenters. The maximum absolute atomic E-state index is 11.1. The van der Waals surface area contributed by atoms with Crippen molar-refractivity contribution in [3.63, 3.8) is 0 Å². The van der Waals surface area contributed by atoms with Gasteiger partial charge in [-0.2, -0.15) is 18.6 Å².